The molecule has 1 aromatic carbocycles. The Kier molecular flexibility index (Phi) is 4.87. The fourth-order valence-electron chi connectivity index (χ4n) is 2.33. The maximum atomic E-state index is 12.2. The summed E-state index contributed by atoms with van der Waals surface area (Å²) in [5, 5.41) is 0. The number of carbonyl (C=O) groups is 2. The Morgan fingerprint density at radius 2 is 1.79 bits per heavy atom. The van der Waals surface area contributed by atoms with Crippen LogP contribution in [-0.4, -0.2) is 11.8 Å². The minimum absolute atomic E-state index is 0. The van der Waals surface area contributed by atoms with E-state index in [1.165, 1.54) is 10.5 Å². The van der Waals surface area contributed by atoms with E-state index < -0.39 is 0 Å². The van der Waals surface area contributed by atoms with E-state index in [0.29, 0.717) is 12.1 Å². The molecule has 0 spiro atoms. The topological polar surface area (TPSA) is 37.4 Å². The fraction of sp³-hybridized carbons (Fsp3) is 0.500. The van der Waals surface area contributed by atoms with Crippen LogP contribution in [0.4, 0.5) is 5.69 Å². The molecule has 19 heavy (non-hydrogen) atoms. The molecule has 0 radical (unpaired) electrons. The van der Waals surface area contributed by atoms with Gasteiger partial charge in [-0.05, 0) is 30.0 Å². The van der Waals surface area contributed by atoms with Crippen LogP contribution in [0.15, 0.2) is 24.3 Å². The summed E-state index contributed by atoms with van der Waals surface area (Å²) in [4.78, 5) is 25.5. The summed E-state index contributed by atoms with van der Waals surface area (Å²) in [6.45, 7) is 6.05. The Bertz CT molecular complexity index is 462. The zero-order valence-corrected chi connectivity index (χ0v) is 11.1. The van der Waals surface area contributed by atoms with Gasteiger partial charge in [0, 0.05) is 6.42 Å². The van der Waals surface area contributed by atoms with Crippen LogP contribution in [0.3, 0.4) is 0 Å². The van der Waals surface area contributed by atoms with E-state index in [2.05, 4.69) is 6.92 Å². The molecule has 1 unspecified atom stereocenters. The second-order valence-electron chi connectivity index (χ2n) is 5.14. The lowest BCUT2D eigenvalue weighted by Crippen LogP contribution is -2.31. The Labute approximate surface area is 115 Å². The Morgan fingerprint density at radius 3 is 2.21 bits per heavy atom. The monoisotopic (exact) mass is 261 g/mol. The predicted molar refractivity (Wildman–Crippen MR) is 78.0 cm³/mol. The first-order valence-corrected chi connectivity index (χ1v) is 6.50. The minimum atomic E-state index is -0.164. The SMILES string of the molecule is C.CCc1ccc(N2C(=O)CC(C(C)C)C2=O)cc1. The lowest BCUT2D eigenvalue weighted by molar-refractivity contribution is -0.122. The van der Waals surface area contributed by atoms with E-state index in [0.717, 1.165) is 6.42 Å². The number of hydrogen-bond acceptors (Lipinski definition) is 2. The maximum Gasteiger partial charge on any atom is 0.237 e. The summed E-state index contributed by atoms with van der Waals surface area (Å²) in [5.74, 6) is -0.0908. The van der Waals surface area contributed by atoms with Crippen molar-refractivity contribution in [3.63, 3.8) is 0 Å². The van der Waals surface area contributed by atoms with E-state index in [-0.39, 0.29) is 31.1 Å². The van der Waals surface area contributed by atoms with E-state index in [1.54, 1.807) is 0 Å². The highest BCUT2D eigenvalue weighted by atomic mass is 16.2. The van der Waals surface area contributed by atoms with Gasteiger partial charge in [0.1, 0.15) is 0 Å². The standard InChI is InChI=1S/C15H19NO2.CH4/c1-4-11-5-7-12(8-6-11)16-14(17)9-13(10(2)3)15(16)18;/h5-8,10,13H,4,9H2,1-3H3;1H4. The molecule has 0 N–H and O–H groups in total. The van der Waals surface area contributed by atoms with Crippen molar-refractivity contribution in [2.75, 3.05) is 4.90 Å². The van der Waals surface area contributed by atoms with E-state index in [4.69, 9.17) is 0 Å². The zero-order valence-electron chi connectivity index (χ0n) is 11.1. The van der Waals surface area contributed by atoms with Gasteiger partial charge in [0.05, 0.1) is 11.6 Å². The first-order chi connectivity index (χ1) is 8.54. The molecule has 1 heterocycles. The van der Waals surface area contributed by atoms with Crippen molar-refractivity contribution in [1.82, 2.24) is 0 Å². The number of anilines is 1. The number of carbonyl (C=O) groups excluding carboxylic acids is 2. The largest absolute Gasteiger partial charge is 0.274 e. The number of benzene rings is 1. The van der Waals surface area contributed by atoms with Crippen molar-refractivity contribution < 1.29 is 9.59 Å². The second kappa shape index (κ2) is 6.00. The number of imide groups is 1. The van der Waals surface area contributed by atoms with Crippen molar-refractivity contribution in [2.45, 2.75) is 41.0 Å². The van der Waals surface area contributed by atoms with Gasteiger partial charge in [-0.3, -0.25) is 14.5 Å². The summed E-state index contributed by atoms with van der Waals surface area (Å²) in [5.41, 5.74) is 1.91. The normalized spacial score (nSPS) is 18.9. The van der Waals surface area contributed by atoms with Gasteiger partial charge < -0.3 is 0 Å². The Balaban J connectivity index is 0.00000180. The van der Waals surface area contributed by atoms with Gasteiger partial charge in [-0.15, -0.1) is 0 Å². The number of rotatable bonds is 3. The van der Waals surface area contributed by atoms with Crippen LogP contribution in [0.2, 0.25) is 0 Å². The predicted octanol–water partition coefficient (Wildman–Crippen LogP) is 3.42. The smallest absolute Gasteiger partial charge is 0.237 e. The van der Waals surface area contributed by atoms with Crippen molar-refractivity contribution in [3.05, 3.63) is 29.8 Å². The maximum absolute atomic E-state index is 12.2. The molecule has 0 saturated carbocycles. The van der Waals surface area contributed by atoms with E-state index in [1.807, 2.05) is 38.1 Å². The van der Waals surface area contributed by atoms with Gasteiger partial charge in [0.15, 0.2) is 0 Å². The van der Waals surface area contributed by atoms with Crippen LogP contribution < -0.4 is 4.90 Å². The molecule has 1 aliphatic heterocycles. The third-order valence-corrected chi connectivity index (χ3v) is 3.59. The van der Waals surface area contributed by atoms with Crippen molar-refractivity contribution in [2.24, 2.45) is 11.8 Å². The summed E-state index contributed by atoms with van der Waals surface area (Å²) >= 11 is 0. The molecule has 0 aromatic heterocycles. The first-order valence-electron chi connectivity index (χ1n) is 6.50. The van der Waals surface area contributed by atoms with Crippen LogP contribution in [0.1, 0.15) is 40.2 Å². The first kappa shape index (κ1) is 15.4. The molecule has 1 saturated heterocycles. The van der Waals surface area contributed by atoms with E-state index in [9.17, 15) is 9.59 Å². The molecule has 104 valence electrons. The third kappa shape index (κ3) is 2.86. The van der Waals surface area contributed by atoms with Crippen molar-refractivity contribution in [1.29, 1.82) is 0 Å². The molecular weight excluding hydrogens is 238 g/mol. The molecule has 3 nitrogen and oxygen atoms in total. The number of aryl methyl sites for hydroxylation is 1. The highest BCUT2D eigenvalue weighted by molar-refractivity contribution is 6.20. The number of nitrogens with zero attached hydrogens (tertiary/aromatic N) is 1. The average molecular weight is 261 g/mol. The molecule has 2 rings (SSSR count). The molecule has 1 aliphatic rings. The molecular formula is C16H23NO2. The van der Waals surface area contributed by atoms with Gasteiger partial charge in [0.25, 0.3) is 0 Å². The Hall–Kier alpha value is -1.64. The molecule has 3 heteroatoms. The fourth-order valence-corrected chi connectivity index (χ4v) is 2.33. The summed E-state index contributed by atoms with van der Waals surface area (Å²) in [6.07, 6.45) is 1.29. The molecule has 1 atom stereocenters. The highest BCUT2D eigenvalue weighted by Gasteiger charge is 2.40. The summed E-state index contributed by atoms with van der Waals surface area (Å²) in [7, 11) is 0. The van der Waals surface area contributed by atoms with Crippen molar-refractivity contribution in [3.8, 4) is 0 Å². The van der Waals surface area contributed by atoms with Crippen molar-refractivity contribution >= 4 is 17.5 Å². The summed E-state index contributed by atoms with van der Waals surface area (Å²) < 4.78 is 0. The quantitative estimate of drug-likeness (QED) is 0.782. The van der Waals surface area contributed by atoms with Gasteiger partial charge in [-0.25, -0.2) is 0 Å². The van der Waals surface area contributed by atoms with Gasteiger partial charge in [0.2, 0.25) is 11.8 Å². The summed E-state index contributed by atoms with van der Waals surface area (Å²) in [6, 6.07) is 7.66. The molecule has 0 bridgehead atoms. The minimum Gasteiger partial charge on any atom is -0.274 e. The van der Waals surface area contributed by atoms with Crippen LogP contribution in [-0.2, 0) is 16.0 Å². The van der Waals surface area contributed by atoms with Crippen LogP contribution in [0.25, 0.3) is 0 Å². The highest BCUT2D eigenvalue weighted by Crippen LogP contribution is 2.30. The average Bonchev–Trinajstić information content (AvgIpc) is 2.65. The molecule has 1 aromatic rings. The zero-order chi connectivity index (χ0) is 13.3. The lowest BCUT2D eigenvalue weighted by atomic mass is 9.94. The molecule has 2 amide bonds. The lowest BCUT2D eigenvalue weighted by Gasteiger charge is -2.16. The molecule has 1 fully saturated rings. The van der Waals surface area contributed by atoms with E-state index >= 15 is 0 Å². The Morgan fingerprint density at radius 1 is 1.21 bits per heavy atom. The van der Waals surface area contributed by atoms with Crippen LogP contribution in [0.5, 0.6) is 0 Å². The number of hydrogen-bond donors (Lipinski definition) is 0. The number of amides is 2. The van der Waals surface area contributed by atoms with Crippen LogP contribution in [0, 0.1) is 11.8 Å². The van der Waals surface area contributed by atoms with Crippen LogP contribution >= 0.6 is 0 Å². The van der Waals surface area contributed by atoms with Gasteiger partial charge in [-0.2, -0.15) is 0 Å². The van der Waals surface area contributed by atoms with Gasteiger partial charge >= 0.3 is 0 Å². The van der Waals surface area contributed by atoms with Gasteiger partial charge in [-0.1, -0.05) is 40.3 Å². The second-order valence-corrected chi connectivity index (χ2v) is 5.14. The third-order valence-electron chi connectivity index (χ3n) is 3.59. The molecule has 0 aliphatic carbocycles.